The topological polar surface area (TPSA) is 76.9 Å². The standard InChI is InChI=1S/C20H20N4O2/c25-19(22-13-4-8-14-6-2-1-3-7-14)17-20(26)24(15-10-11-15)18-16(23-17)9-5-12-21-18/h1-3,5-7,9,12,15H,4,8,10-11,13H2,(H,22,25). The predicted octanol–water partition coefficient (Wildman–Crippen LogP) is 2.49. The lowest BCUT2D eigenvalue weighted by Gasteiger charge is -2.10. The Hall–Kier alpha value is -3.02. The van der Waals surface area contributed by atoms with E-state index in [0.717, 1.165) is 25.7 Å². The molecule has 0 spiro atoms. The molecule has 1 aliphatic carbocycles. The fraction of sp³-hybridized carbons (Fsp3) is 0.300. The fourth-order valence-electron chi connectivity index (χ4n) is 3.08. The molecule has 2 aromatic heterocycles. The Morgan fingerprint density at radius 3 is 2.73 bits per heavy atom. The lowest BCUT2D eigenvalue weighted by molar-refractivity contribution is 0.0946. The van der Waals surface area contributed by atoms with Gasteiger partial charge in [0, 0.05) is 18.8 Å². The van der Waals surface area contributed by atoms with Crippen molar-refractivity contribution in [2.45, 2.75) is 31.7 Å². The van der Waals surface area contributed by atoms with Crippen molar-refractivity contribution in [3.63, 3.8) is 0 Å². The van der Waals surface area contributed by atoms with Gasteiger partial charge in [0.05, 0.1) is 0 Å². The zero-order valence-electron chi connectivity index (χ0n) is 14.4. The van der Waals surface area contributed by atoms with Crippen molar-refractivity contribution in [2.75, 3.05) is 6.54 Å². The molecule has 6 nitrogen and oxygen atoms in total. The van der Waals surface area contributed by atoms with Crippen LogP contribution in [0.3, 0.4) is 0 Å². The quantitative estimate of drug-likeness (QED) is 0.694. The van der Waals surface area contributed by atoms with Crippen LogP contribution >= 0.6 is 0 Å². The molecular formula is C20H20N4O2. The number of fused-ring (bicyclic) bond motifs is 1. The van der Waals surface area contributed by atoms with Crippen LogP contribution in [0.15, 0.2) is 53.5 Å². The molecule has 1 amide bonds. The van der Waals surface area contributed by atoms with Crippen LogP contribution in [0.1, 0.15) is 41.4 Å². The van der Waals surface area contributed by atoms with Crippen molar-refractivity contribution in [3.8, 4) is 0 Å². The van der Waals surface area contributed by atoms with Crippen LogP contribution in [0, 0.1) is 0 Å². The second kappa shape index (κ2) is 7.07. The zero-order valence-corrected chi connectivity index (χ0v) is 14.4. The predicted molar refractivity (Wildman–Crippen MR) is 99.2 cm³/mol. The van der Waals surface area contributed by atoms with E-state index >= 15 is 0 Å². The van der Waals surface area contributed by atoms with Gasteiger partial charge in [-0.1, -0.05) is 30.3 Å². The second-order valence-corrected chi connectivity index (χ2v) is 6.56. The van der Waals surface area contributed by atoms with Gasteiger partial charge in [-0.25, -0.2) is 9.97 Å². The molecule has 1 aromatic carbocycles. The molecule has 0 unspecified atom stereocenters. The highest BCUT2D eigenvalue weighted by atomic mass is 16.2. The molecular weight excluding hydrogens is 328 g/mol. The zero-order chi connectivity index (χ0) is 17.9. The number of hydrogen-bond donors (Lipinski definition) is 1. The summed E-state index contributed by atoms with van der Waals surface area (Å²) in [6.45, 7) is 0.503. The Morgan fingerprint density at radius 1 is 1.15 bits per heavy atom. The van der Waals surface area contributed by atoms with Crippen molar-refractivity contribution >= 4 is 17.1 Å². The van der Waals surface area contributed by atoms with Gasteiger partial charge in [0.15, 0.2) is 11.3 Å². The molecule has 1 fully saturated rings. The maximum Gasteiger partial charge on any atom is 0.284 e. The lowest BCUT2D eigenvalue weighted by Crippen LogP contribution is -2.35. The number of hydrogen-bond acceptors (Lipinski definition) is 4. The van der Waals surface area contributed by atoms with E-state index in [1.807, 2.05) is 18.2 Å². The van der Waals surface area contributed by atoms with E-state index in [1.165, 1.54) is 5.56 Å². The van der Waals surface area contributed by atoms with Crippen LogP contribution in [0.5, 0.6) is 0 Å². The van der Waals surface area contributed by atoms with Crippen molar-refractivity contribution < 1.29 is 4.79 Å². The number of rotatable bonds is 6. The first-order valence-electron chi connectivity index (χ1n) is 8.93. The van der Waals surface area contributed by atoms with E-state index < -0.39 is 5.91 Å². The maximum atomic E-state index is 12.8. The van der Waals surface area contributed by atoms with Crippen LogP contribution in [0.4, 0.5) is 0 Å². The molecule has 0 radical (unpaired) electrons. The van der Waals surface area contributed by atoms with E-state index in [9.17, 15) is 9.59 Å². The van der Waals surface area contributed by atoms with Crippen molar-refractivity contribution in [2.24, 2.45) is 0 Å². The summed E-state index contributed by atoms with van der Waals surface area (Å²) < 4.78 is 1.63. The van der Waals surface area contributed by atoms with Gasteiger partial charge >= 0.3 is 0 Å². The monoisotopic (exact) mass is 348 g/mol. The largest absolute Gasteiger partial charge is 0.351 e. The van der Waals surface area contributed by atoms with Crippen LogP contribution < -0.4 is 10.9 Å². The third-order valence-electron chi connectivity index (χ3n) is 4.55. The van der Waals surface area contributed by atoms with Crippen LogP contribution in [-0.2, 0) is 6.42 Å². The number of aryl methyl sites for hydroxylation is 1. The van der Waals surface area contributed by atoms with Crippen molar-refractivity contribution in [1.82, 2.24) is 19.9 Å². The average molecular weight is 348 g/mol. The summed E-state index contributed by atoms with van der Waals surface area (Å²) in [5.41, 5.74) is 1.97. The molecule has 0 saturated heterocycles. The molecule has 0 aliphatic heterocycles. The van der Waals surface area contributed by atoms with Crippen LogP contribution in [-0.4, -0.2) is 27.0 Å². The summed E-state index contributed by atoms with van der Waals surface area (Å²) >= 11 is 0. The van der Waals surface area contributed by atoms with E-state index in [2.05, 4.69) is 27.4 Å². The lowest BCUT2D eigenvalue weighted by atomic mass is 10.1. The van der Waals surface area contributed by atoms with Gasteiger partial charge in [-0.05, 0) is 43.4 Å². The summed E-state index contributed by atoms with van der Waals surface area (Å²) in [5.74, 6) is -0.414. The first-order chi connectivity index (χ1) is 12.7. The summed E-state index contributed by atoms with van der Waals surface area (Å²) in [6, 6.07) is 13.8. The number of nitrogens with one attached hydrogen (secondary N) is 1. The Labute approximate surface area is 150 Å². The first-order valence-corrected chi connectivity index (χ1v) is 8.93. The number of nitrogens with zero attached hydrogens (tertiary/aromatic N) is 3. The Morgan fingerprint density at radius 2 is 1.96 bits per heavy atom. The third kappa shape index (κ3) is 3.35. The molecule has 2 heterocycles. The van der Waals surface area contributed by atoms with Crippen LogP contribution in [0.2, 0.25) is 0 Å². The molecule has 26 heavy (non-hydrogen) atoms. The Balaban J connectivity index is 1.50. The Kier molecular flexibility index (Phi) is 4.48. The highest BCUT2D eigenvalue weighted by Crippen LogP contribution is 2.35. The SMILES string of the molecule is O=C(NCCCc1ccccc1)c1nc2cccnc2n(C2CC2)c1=O. The van der Waals surface area contributed by atoms with Gasteiger partial charge in [0.2, 0.25) is 0 Å². The van der Waals surface area contributed by atoms with Gasteiger partial charge in [0.25, 0.3) is 11.5 Å². The minimum absolute atomic E-state index is 0.0443. The third-order valence-corrected chi connectivity index (χ3v) is 4.55. The van der Waals surface area contributed by atoms with Gasteiger partial charge in [-0.15, -0.1) is 0 Å². The summed E-state index contributed by atoms with van der Waals surface area (Å²) in [7, 11) is 0. The molecule has 132 valence electrons. The normalized spacial score (nSPS) is 13.7. The van der Waals surface area contributed by atoms with Crippen LogP contribution in [0.25, 0.3) is 11.2 Å². The van der Waals surface area contributed by atoms with Gasteiger partial charge < -0.3 is 5.32 Å². The summed E-state index contributed by atoms with van der Waals surface area (Å²) in [5, 5.41) is 2.83. The minimum Gasteiger partial charge on any atom is -0.351 e. The van der Waals surface area contributed by atoms with Crippen molar-refractivity contribution in [1.29, 1.82) is 0 Å². The smallest absolute Gasteiger partial charge is 0.284 e. The first kappa shape index (κ1) is 16.4. The summed E-state index contributed by atoms with van der Waals surface area (Å²) in [4.78, 5) is 33.8. The number of aromatic nitrogens is 3. The highest BCUT2D eigenvalue weighted by Gasteiger charge is 2.29. The molecule has 0 bridgehead atoms. The Bertz CT molecular complexity index is 994. The average Bonchev–Trinajstić information content (AvgIpc) is 3.50. The molecule has 1 saturated carbocycles. The number of benzene rings is 1. The molecule has 6 heteroatoms. The molecule has 4 rings (SSSR count). The van der Waals surface area contributed by atoms with Gasteiger partial charge in [0.1, 0.15) is 5.52 Å². The van der Waals surface area contributed by atoms with Crippen molar-refractivity contribution in [3.05, 3.63) is 70.3 Å². The van der Waals surface area contributed by atoms with E-state index in [0.29, 0.717) is 17.7 Å². The molecule has 1 aliphatic rings. The van der Waals surface area contributed by atoms with Gasteiger partial charge in [-0.2, -0.15) is 0 Å². The number of pyridine rings is 1. The number of carbonyl (C=O) groups excluding carboxylic acids is 1. The summed E-state index contributed by atoms with van der Waals surface area (Å²) in [6.07, 6.45) is 5.21. The highest BCUT2D eigenvalue weighted by molar-refractivity contribution is 5.93. The molecule has 3 aromatic rings. The van der Waals surface area contributed by atoms with Gasteiger partial charge in [-0.3, -0.25) is 14.2 Å². The number of carbonyl (C=O) groups is 1. The van der Waals surface area contributed by atoms with E-state index in [1.54, 1.807) is 22.9 Å². The number of amides is 1. The second-order valence-electron chi connectivity index (χ2n) is 6.56. The minimum atomic E-state index is -0.414. The molecule has 0 atom stereocenters. The fourth-order valence-corrected chi connectivity index (χ4v) is 3.08. The maximum absolute atomic E-state index is 12.8. The van der Waals surface area contributed by atoms with E-state index in [4.69, 9.17) is 0 Å². The van der Waals surface area contributed by atoms with E-state index in [-0.39, 0.29) is 17.3 Å². The molecule has 1 N–H and O–H groups in total.